The van der Waals surface area contributed by atoms with E-state index in [1.54, 1.807) is 6.07 Å². The first-order valence-electron chi connectivity index (χ1n) is 11.7. The summed E-state index contributed by atoms with van der Waals surface area (Å²) < 4.78 is 75.3. The molecule has 2 aliphatic heterocycles. The van der Waals surface area contributed by atoms with E-state index in [9.17, 15) is 26.4 Å². The first-order chi connectivity index (χ1) is 18.1. The van der Waals surface area contributed by atoms with Gasteiger partial charge in [0.25, 0.3) is 5.56 Å². The number of nitriles is 1. The lowest BCUT2D eigenvalue weighted by molar-refractivity contribution is 0.0806. The molecule has 2 N–H and O–H groups in total. The fourth-order valence-electron chi connectivity index (χ4n) is 4.34. The zero-order valence-electron chi connectivity index (χ0n) is 20.0. The second-order valence-electron chi connectivity index (χ2n) is 8.72. The number of anilines is 2. The molecule has 0 radical (unpaired) electrons. The molecule has 1 atom stereocenters. The summed E-state index contributed by atoms with van der Waals surface area (Å²) in [6, 6.07) is 3.73. The number of piperidine rings is 1. The van der Waals surface area contributed by atoms with E-state index in [-0.39, 0.29) is 46.9 Å². The quantitative estimate of drug-likeness (QED) is 0.456. The lowest BCUT2D eigenvalue weighted by Gasteiger charge is -2.35. The highest BCUT2D eigenvalue weighted by Crippen LogP contribution is 2.31. The van der Waals surface area contributed by atoms with Crippen molar-refractivity contribution in [2.45, 2.75) is 31.5 Å². The Morgan fingerprint density at radius 1 is 1.34 bits per heavy atom. The molecule has 0 spiro atoms. The van der Waals surface area contributed by atoms with E-state index in [4.69, 9.17) is 21.6 Å². The molecule has 0 amide bonds. The van der Waals surface area contributed by atoms with Crippen LogP contribution in [0.2, 0.25) is 5.02 Å². The smallest absolute Gasteiger partial charge is 0.329 e. The molecule has 3 heterocycles. The number of nitrogens with one attached hydrogen (secondary N) is 2. The number of alkyl halides is 2. The summed E-state index contributed by atoms with van der Waals surface area (Å²) in [6.45, 7) is -1.69. The predicted molar refractivity (Wildman–Crippen MR) is 133 cm³/mol. The van der Waals surface area contributed by atoms with Crippen molar-refractivity contribution in [3.05, 3.63) is 51.2 Å². The van der Waals surface area contributed by atoms with Crippen LogP contribution in [-0.4, -0.2) is 74.5 Å². The van der Waals surface area contributed by atoms with E-state index >= 15 is 0 Å². The second kappa shape index (κ2) is 11.9. The van der Waals surface area contributed by atoms with Crippen molar-refractivity contribution in [1.29, 1.82) is 5.26 Å². The van der Waals surface area contributed by atoms with Crippen LogP contribution in [0.25, 0.3) is 0 Å². The van der Waals surface area contributed by atoms with Gasteiger partial charge in [-0.15, -0.1) is 0 Å². The second-order valence-corrected chi connectivity index (χ2v) is 10.9. The predicted octanol–water partition coefficient (Wildman–Crippen LogP) is 1.92. The minimum absolute atomic E-state index is 0.0408. The Morgan fingerprint density at radius 2 is 2.08 bits per heavy atom. The van der Waals surface area contributed by atoms with Crippen molar-refractivity contribution >= 4 is 33.2 Å². The van der Waals surface area contributed by atoms with Gasteiger partial charge in [-0.1, -0.05) is 11.6 Å². The number of morpholine rings is 1. The minimum atomic E-state index is -4.83. The summed E-state index contributed by atoms with van der Waals surface area (Å²) >= 11 is 6.28. The summed E-state index contributed by atoms with van der Waals surface area (Å²) in [4.78, 5) is 12.9. The van der Waals surface area contributed by atoms with Crippen molar-refractivity contribution < 1.29 is 26.3 Å². The van der Waals surface area contributed by atoms with Gasteiger partial charge < -0.3 is 15.4 Å². The molecule has 206 valence electrons. The Morgan fingerprint density at radius 3 is 2.68 bits per heavy atom. The van der Waals surface area contributed by atoms with Crippen molar-refractivity contribution in [2.24, 2.45) is 0 Å². The lowest BCUT2D eigenvalue weighted by atomic mass is 10.1. The number of benzene rings is 1. The van der Waals surface area contributed by atoms with Crippen LogP contribution in [0.3, 0.4) is 0 Å². The molecule has 38 heavy (non-hydrogen) atoms. The number of hydrogen-bond acceptors (Lipinski definition) is 8. The van der Waals surface area contributed by atoms with Crippen LogP contribution in [0.4, 0.5) is 24.5 Å². The molecule has 16 heteroatoms. The largest absolute Gasteiger partial charge is 0.381 e. The highest BCUT2D eigenvalue weighted by atomic mass is 35.5. The topological polar surface area (TPSA) is 133 Å². The highest BCUT2D eigenvalue weighted by molar-refractivity contribution is 7.90. The van der Waals surface area contributed by atoms with Crippen LogP contribution in [0.1, 0.15) is 24.4 Å². The first-order valence-corrected chi connectivity index (χ1v) is 13.5. The fraction of sp³-hybridized carbons (Fsp3) is 0.500. The maximum Gasteiger partial charge on any atom is 0.329 e. The average Bonchev–Trinajstić information content (AvgIpc) is 2.91. The number of hydrogen-bond donors (Lipinski definition) is 2. The van der Waals surface area contributed by atoms with Gasteiger partial charge >= 0.3 is 16.8 Å². The Labute approximate surface area is 221 Å². The Bertz CT molecular complexity index is 1360. The molecule has 4 rings (SSSR count). The van der Waals surface area contributed by atoms with Crippen LogP contribution < -0.4 is 20.5 Å². The Balaban J connectivity index is 1.45. The summed E-state index contributed by atoms with van der Waals surface area (Å²) in [6.07, 6.45) is 1.58. The summed E-state index contributed by atoms with van der Waals surface area (Å²) in [5.74, 6) is -1.27. The Hall–Kier alpha value is -2.90. The van der Waals surface area contributed by atoms with Crippen molar-refractivity contribution in [1.82, 2.24) is 19.4 Å². The van der Waals surface area contributed by atoms with Gasteiger partial charge in [0.05, 0.1) is 48.5 Å². The SMILES string of the molecule is N#Cc1ccc(N(C(F)F)S(=O)(=O)N2CCC(n3ncc(NCC4COCCN4)c(Cl)c3=O)CC2)c(F)c1. The summed E-state index contributed by atoms with van der Waals surface area (Å²) in [7, 11) is -4.83. The monoisotopic (exact) mass is 575 g/mol. The molecule has 0 bridgehead atoms. The van der Waals surface area contributed by atoms with Crippen LogP contribution in [0.15, 0.2) is 29.2 Å². The van der Waals surface area contributed by atoms with Crippen LogP contribution in [0.5, 0.6) is 0 Å². The average molecular weight is 576 g/mol. The van der Waals surface area contributed by atoms with Gasteiger partial charge in [-0.2, -0.15) is 36.2 Å². The summed E-state index contributed by atoms with van der Waals surface area (Å²) in [5, 5.41) is 19.3. The number of nitrogens with zero attached hydrogens (tertiary/aromatic N) is 5. The maximum atomic E-state index is 14.4. The third kappa shape index (κ3) is 5.89. The van der Waals surface area contributed by atoms with Gasteiger partial charge in [0.1, 0.15) is 10.8 Å². The van der Waals surface area contributed by atoms with E-state index in [0.29, 0.717) is 38.1 Å². The molecular formula is C22H25ClF3N7O4S. The van der Waals surface area contributed by atoms with Crippen LogP contribution in [0, 0.1) is 17.1 Å². The third-order valence-corrected chi connectivity index (χ3v) is 8.55. The molecule has 2 aliphatic rings. The molecular weight excluding hydrogens is 551 g/mol. The van der Waals surface area contributed by atoms with Crippen molar-refractivity contribution in [3.8, 4) is 6.07 Å². The van der Waals surface area contributed by atoms with Crippen LogP contribution in [-0.2, 0) is 14.9 Å². The molecule has 0 aliphatic carbocycles. The standard InChI is InChI=1S/C22H25ClF3N7O4S/c23-20-18(29-11-15-13-37-8-5-28-15)12-30-32(21(20)34)16-3-6-31(7-4-16)38(35,36)33(22(25)26)19-2-1-14(10-27)9-17(19)24/h1-2,9,12,15-16,22,28-29H,3-8,11,13H2. The zero-order chi connectivity index (χ0) is 27.4. The van der Waals surface area contributed by atoms with Gasteiger partial charge in [-0.3, -0.25) is 4.79 Å². The van der Waals surface area contributed by atoms with Gasteiger partial charge in [-0.05, 0) is 31.0 Å². The van der Waals surface area contributed by atoms with E-state index in [1.807, 2.05) is 0 Å². The molecule has 2 saturated heterocycles. The number of aromatic nitrogens is 2. The van der Waals surface area contributed by atoms with Crippen molar-refractivity contribution in [3.63, 3.8) is 0 Å². The maximum absolute atomic E-state index is 14.4. The number of rotatable bonds is 8. The summed E-state index contributed by atoms with van der Waals surface area (Å²) in [5.41, 5.74) is -1.24. The molecule has 11 nitrogen and oxygen atoms in total. The molecule has 1 aromatic carbocycles. The van der Waals surface area contributed by atoms with E-state index in [1.165, 1.54) is 6.20 Å². The molecule has 1 unspecified atom stereocenters. The molecule has 2 fully saturated rings. The molecule has 1 aromatic heterocycles. The van der Waals surface area contributed by atoms with E-state index < -0.39 is 39.9 Å². The highest BCUT2D eigenvalue weighted by Gasteiger charge is 2.39. The van der Waals surface area contributed by atoms with E-state index in [2.05, 4.69) is 15.7 Å². The molecule has 0 saturated carbocycles. The normalized spacial score (nSPS) is 19.3. The zero-order valence-corrected chi connectivity index (χ0v) is 21.6. The number of halogens is 4. The fourth-order valence-corrected chi connectivity index (χ4v) is 6.06. The van der Waals surface area contributed by atoms with Crippen LogP contribution >= 0.6 is 11.6 Å². The minimum Gasteiger partial charge on any atom is -0.381 e. The third-order valence-electron chi connectivity index (χ3n) is 6.32. The number of ether oxygens (including phenoxy) is 1. The first kappa shape index (κ1) is 28.1. The molecule has 2 aromatic rings. The van der Waals surface area contributed by atoms with Gasteiger partial charge in [0.15, 0.2) is 0 Å². The lowest BCUT2D eigenvalue weighted by Crippen LogP contribution is -2.50. The van der Waals surface area contributed by atoms with E-state index in [0.717, 1.165) is 21.1 Å². The van der Waals surface area contributed by atoms with Gasteiger partial charge in [0.2, 0.25) is 0 Å². The van der Waals surface area contributed by atoms with Crippen molar-refractivity contribution in [2.75, 3.05) is 49.0 Å². The van der Waals surface area contributed by atoms with Gasteiger partial charge in [-0.25, -0.2) is 9.07 Å². The van der Waals surface area contributed by atoms with Gasteiger partial charge in [0, 0.05) is 32.2 Å². The Kier molecular flexibility index (Phi) is 8.78.